The Hall–Kier alpha value is -2.29. The highest BCUT2D eigenvalue weighted by atomic mass is 79.9. The largest absolute Gasteiger partial charge is 0.504 e. The average molecular weight is 363 g/mol. The number of ether oxygens (including phenoxy) is 3. The molecular weight excluding hydrogens is 352 g/mol. The van der Waals surface area contributed by atoms with Gasteiger partial charge >= 0.3 is 17.9 Å². The highest BCUT2D eigenvalue weighted by molar-refractivity contribution is 9.10. The number of carbonyl (C=O) groups excluding carboxylic acids is 3. The van der Waals surface area contributed by atoms with Gasteiger partial charge in [0.15, 0.2) is 11.5 Å². The SMILES string of the molecule is COC(=O)c1c(O)c(O)c(Br)c(C(=O)OC)c1C(=O)OC. The van der Waals surface area contributed by atoms with Gasteiger partial charge in [-0.2, -0.15) is 0 Å². The van der Waals surface area contributed by atoms with Crippen molar-refractivity contribution in [2.45, 2.75) is 0 Å². The third-order valence-electron chi connectivity index (χ3n) is 2.56. The fourth-order valence-corrected chi connectivity index (χ4v) is 2.14. The van der Waals surface area contributed by atoms with Crippen LogP contribution in [0.3, 0.4) is 0 Å². The molecule has 0 aromatic heterocycles. The van der Waals surface area contributed by atoms with E-state index in [0.29, 0.717) is 0 Å². The molecule has 0 aliphatic heterocycles. The Bertz CT molecular complexity index is 579. The number of carbonyl (C=O) groups is 3. The number of rotatable bonds is 3. The van der Waals surface area contributed by atoms with Gasteiger partial charge in [-0.3, -0.25) is 0 Å². The van der Waals surface area contributed by atoms with Crippen molar-refractivity contribution in [3.05, 3.63) is 21.2 Å². The normalized spacial score (nSPS) is 9.90. The number of benzene rings is 1. The van der Waals surface area contributed by atoms with Crippen LogP contribution in [0.5, 0.6) is 11.5 Å². The smallest absolute Gasteiger partial charge is 0.342 e. The molecule has 0 saturated carbocycles. The zero-order valence-corrected chi connectivity index (χ0v) is 12.8. The molecule has 0 bridgehead atoms. The summed E-state index contributed by atoms with van der Waals surface area (Å²) < 4.78 is 13.1. The van der Waals surface area contributed by atoms with Gasteiger partial charge in [0.2, 0.25) is 0 Å². The van der Waals surface area contributed by atoms with E-state index in [1.807, 2.05) is 0 Å². The number of aromatic hydroxyl groups is 2. The second-order valence-corrected chi connectivity index (χ2v) is 4.40. The van der Waals surface area contributed by atoms with Gasteiger partial charge < -0.3 is 24.4 Å². The van der Waals surface area contributed by atoms with Crippen molar-refractivity contribution in [1.82, 2.24) is 0 Å². The summed E-state index contributed by atoms with van der Waals surface area (Å²) in [6.07, 6.45) is 0. The van der Waals surface area contributed by atoms with Crippen LogP contribution < -0.4 is 0 Å². The van der Waals surface area contributed by atoms with Gasteiger partial charge in [0, 0.05) is 0 Å². The van der Waals surface area contributed by atoms with Crippen molar-refractivity contribution in [3.8, 4) is 11.5 Å². The number of esters is 3. The number of halogens is 1. The van der Waals surface area contributed by atoms with E-state index in [0.717, 1.165) is 21.3 Å². The van der Waals surface area contributed by atoms with Crippen LogP contribution in [-0.4, -0.2) is 49.5 Å². The highest BCUT2D eigenvalue weighted by Crippen LogP contribution is 2.42. The third-order valence-corrected chi connectivity index (χ3v) is 3.33. The van der Waals surface area contributed by atoms with Crippen molar-refractivity contribution < 1.29 is 38.8 Å². The van der Waals surface area contributed by atoms with E-state index in [2.05, 4.69) is 30.1 Å². The molecule has 0 spiro atoms. The molecule has 1 rings (SSSR count). The Morgan fingerprint density at radius 3 is 1.57 bits per heavy atom. The minimum atomic E-state index is -1.14. The zero-order valence-electron chi connectivity index (χ0n) is 11.2. The Morgan fingerprint density at radius 1 is 0.762 bits per heavy atom. The number of phenols is 2. The molecule has 0 fully saturated rings. The van der Waals surface area contributed by atoms with Gasteiger partial charge in [-0.25, -0.2) is 14.4 Å². The van der Waals surface area contributed by atoms with Crippen LogP contribution in [0, 0.1) is 0 Å². The van der Waals surface area contributed by atoms with Gasteiger partial charge in [0.1, 0.15) is 5.56 Å². The molecule has 0 saturated heterocycles. The predicted molar refractivity (Wildman–Crippen MR) is 71.5 cm³/mol. The maximum Gasteiger partial charge on any atom is 0.342 e. The van der Waals surface area contributed by atoms with Crippen LogP contribution in [0.15, 0.2) is 4.47 Å². The maximum atomic E-state index is 11.9. The lowest BCUT2D eigenvalue weighted by molar-refractivity contribution is 0.0532. The van der Waals surface area contributed by atoms with Crippen LogP contribution in [-0.2, 0) is 14.2 Å². The molecule has 0 aliphatic rings. The van der Waals surface area contributed by atoms with E-state index in [1.54, 1.807) is 0 Å². The molecular formula is C12H11BrO8. The summed E-state index contributed by atoms with van der Waals surface area (Å²) in [6.45, 7) is 0. The first-order chi connectivity index (χ1) is 9.81. The lowest BCUT2D eigenvalue weighted by atomic mass is 9.98. The molecule has 0 unspecified atom stereocenters. The standard InChI is InChI=1S/C12H11BrO8/c1-19-10(16)4-5(11(17)20-2)7(13)9(15)8(14)6(4)12(18)21-3/h14-15H,1-3H3. The monoisotopic (exact) mass is 362 g/mol. The molecule has 9 heteroatoms. The maximum absolute atomic E-state index is 11.9. The zero-order chi connectivity index (χ0) is 16.3. The first kappa shape index (κ1) is 16.8. The van der Waals surface area contributed by atoms with Crippen LogP contribution in [0.25, 0.3) is 0 Å². The Morgan fingerprint density at radius 2 is 1.14 bits per heavy atom. The van der Waals surface area contributed by atoms with E-state index in [9.17, 15) is 24.6 Å². The van der Waals surface area contributed by atoms with Crippen molar-refractivity contribution in [1.29, 1.82) is 0 Å². The Labute approximate surface area is 127 Å². The fourth-order valence-electron chi connectivity index (χ4n) is 1.59. The van der Waals surface area contributed by atoms with Gasteiger partial charge in [-0.1, -0.05) is 0 Å². The summed E-state index contributed by atoms with van der Waals surface area (Å²) in [4.78, 5) is 35.4. The molecule has 8 nitrogen and oxygen atoms in total. The van der Waals surface area contributed by atoms with E-state index in [-0.39, 0.29) is 4.47 Å². The molecule has 0 aliphatic carbocycles. The molecule has 21 heavy (non-hydrogen) atoms. The van der Waals surface area contributed by atoms with Crippen molar-refractivity contribution in [2.75, 3.05) is 21.3 Å². The number of phenolic OH excluding ortho intramolecular Hbond substituents is 2. The van der Waals surface area contributed by atoms with Crippen molar-refractivity contribution in [2.24, 2.45) is 0 Å². The van der Waals surface area contributed by atoms with E-state index < -0.39 is 46.1 Å². The number of methoxy groups -OCH3 is 3. The summed E-state index contributed by atoms with van der Waals surface area (Å²) in [7, 11) is 3.06. The lowest BCUT2D eigenvalue weighted by Crippen LogP contribution is -2.19. The van der Waals surface area contributed by atoms with Crippen LogP contribution in [0.4, 0.5) is 0 Å². The number of hydrogen-bond acceptors (Lipinski definition) is 8. The van der Waals surface area contributed by atoms with Gasteiger partial charge in [-0.05, 0) is 15.9 Å². The van der Waals surface area contributed by atoms with E-state index in [1.165, 1.54) is 0 Å². The third kappa shape index (κ3) is 2.77. The molecule has 114 valence electrons. The quantitative estimate of drug-likeness (QED) is 0.467. The second kappa shape index (κ2) is 6.44. The molecule has 1 aromatic rings. The topological polar surface area (TPSA) is 119 Å². The minimum Gasteiger partial charge on any atom is -0.504 e. The second-order valence-electron chi connectivity index (χ2n) is 3.61. The minimum absolute atomic E-state index is 0.320. The van der Waals surface area contributed by atoms with Gasteiger partial charge in [0.25, 0.3) is 0 Å². The number of hydrogen-bond donors (Lipinski definition) is 2. The fraction of sp³-hybridized carbons (Fsp3) is 0.250. The van der Waals surface area contributed by atoms with E-state index in [4.69, 9.17) is 0 Å². The molecule has 1 aromatic carbocycles. The first-order valence-corrected chi connectivity index (χ1v) is 6.13. The van der Waals surface area contributed by atoms with Gasteiger partial charge in [-0.15, -0.1) is 0 Å². The molecule has 0 radical (unpaired) electrons. The summed E-state index contributed by atoms with van der Waals surface area (Å²) in [5.41, 5.74) is -1.76. The summed E-state index contributed by atoms with van der Waals surface area (Å²) >= 11 is 2.86. The highest BCUT2D eigenvalue weighted by Gasteiger charge is 2.34. The van der Waals surface area contributed by atoms with Crippen LogP contribution >= 0.6 is 15.9 Å². The molecule has 0 heterocycles. The predicted octanol–water partition coefficient (Wildman–Crippen LogP) is 1.22. The first-order valence-electron chi connectivity index (χ1n) is 5.34. The Balaban J connectivity index is 3.94. The molecule has 2 N–H and O–H groups in total. The molecule has 0 atom stereocenters. The average Bonchev–Trinajstić information content (AvgIpc) is 2.49. The van der Waals surface area contributed by atoms with Crippen LogP contribution in [0.2, 0.25) is 0 Å². The summed E-state index contributed by atoms with van der Waals surface area (Å²) in [5.74, 6) is -5.00. The van der Waals surface area contributed by atoms with Crippen LogP contribution in [0.1, 0.15) is 31.1 Å². The van der Waals surface area contributed by atoms with Crippen molar-refractivity contribution in [3.63, 3.8) is 0 Å². The summed E-state index contributed by atoms with van der Waals surface area (Å²) in [6, 6.07) is 0. The van der Waals surface area contributed by atoms with Crippen molar-refractivity contribution >= 4 is 33.8 Å². The van der Waals surface area contributed by atoms with Gasteiger partial charge in [0.05, 0.1) is 36.9 Å². The van der Waals surface area contributed by atoms with E-state index >= 15 is 0 Å². The lowest BCUT2D eigenvalue weighted by Gasteiger charge is -2.15. The molecule has 0 amide bonds. The summed E-state index contributed by atoms with van der Waals surface area (Å²) in [5, 5.41) is 19.6. The Kier molecular flexibility index (Phi) is 5.14.